The maximum absolute atomic E-state index is 4.96. The predicted octanol–water partition coefficient (Wildman–Crippen LogP) is 2.50. The van der Waals surface area contributed by atoms with Gasteiger partial charge in [-0.2, -0.15) is 0 Å². The lowest BCUT2D eigenvalue weighted by Gasteiger charge is -1.64. The van der Waals surface area contributed by atoms with E-state index in [2.05, 4.69) is 0 Å². The van der Waals surface area contributed by atoms with Gasteiger partial charge in [-0.05, 0) is 0 Å². The first-order valence-electron chi connectivity index (χ1n) is 0.885. The molecule has 0 saturated carbocycles. The third kappa shape index (κ3) is 4.61. The van der Waals surface area contributed by atoms with Gasteiger partial charge in [-0.3, -0.25) is 0 Å². The van der Waals surface area contributed by atoms with Crippen LogP contribution in [0.15, 0.2) is 10.0 Å². The van der Waals surface area contributed by atoms with Gasteiger partial charge in [0.25, 0.3) is 0 Å². The van der Waals surface area contributed by atoms with Gasteiger partial charge in [-0.25, -0.2) is 0 Å². The largest absolute Gasteiger partial charge is 0.118 e. The molecule has 0 amide bonds. The summed E-state index contributed by atoms with van der Waals surface area (Å²) in [7, 11) is 0. The fourth-order valence-electron chi connectivity index (χ4n) is 0. The zero-order valence-electron chi connectivity index (χ0n) is 2.21. The smallest absolute Gasteiger partial charge is 0.0904 e. The lowest BCUT2D eigenvalue weighted by atomic mass is 11.2. The van der Waals surface area contributed by atoms with E-state index in [-0.39, 0.29) is 4.49 Å². The highest BCUT2D eigenvalue weighted by Crippen LogP contribution is 2.05. The van der Waals surface area contributed by atoms with Gasteiger partial charge in [0, 0.05) is 5.54 Å². The van der Waals surface area contributed by atoms with Crippen LogP contribution in [0.25, 0.3) is 0 Å². The van der Waals surface area contributed by atoms with Crippen LogP contribution >= 0.6 is 34.8 Å². The molecule has 0 aliphatic heterocycles. The summed E-state index contributed by atoms with van der Waals surface area (Å²) in [6.07, 6.45) is 0. The first kappa shape index (κ1) is 5.61. The third-order valence-electron chi connectivity index (χ3n) is 0.0825. The van der Waals surface area contributed by atoms with E-state index in [1.165, 1.54) is 0 Å². The summed E-state index contributed by atoms with van der Waals surface area (Å²) in [4.78, 5) is 0. The lowest BCUT2D eigenvalue weighted by Crippen LogP contribution is -1.33. The molecule has 0 spiro atoms. The number of hydrogen-bond acceptors (Lipinski definition) is 0. The zero-order chi connectivity index (χ0) is 4.28. The Morgan fingerprint density at radius 3 is 1.60 bits per heavy atom. The van der Waals surface area contributed by atoms with E-state index in [4.69, 9.17) is 34.8 Å². The lowest BCUT2D eigenvalue weighted by molar-refractivity contribution is 2.36. The van der Waals surface area contributed by atoms with Gasteiger partial charge >= 0.3 is 0 Å². The molecule has 0 aromatic carbocycles. The molecule has 0 radical (unpaired) electrons. The monoisotopic (exact) mass is 130 g/mol. The summed E-state index contributed by atoms with van der Waals surface area (Å²) in [5.41, 5.74) is 1.09. The normalized spacial score (nSPS) is 7.00. The van der Waals surface area contributed by atoms with Crippen molar-refractivity contribution in [2.24, 2.45) is 0 Å². The van der Waals surface area contributed by atoms with Gasteiger partial charge in [0.05, 0.1) is 0 Å². The van der Waals surface area contributed by atoms with Gasteiger partial charge < -0.3 is 0 Å². The van der Waals surface area contributed by atoms with Gasteiger partial charge in [0.2, 0.25) is 0 Å². The van der Waals surface area contributed by atoms with Gasteiger partial charge in [0.1, 0.15) is 4.49 Å². The fourth-order valence-corrected chi connectivity index (χ4v) is 0. The molecular formula is C2HCl3. The zero-order valence-corrected chi connectivity index (χ0v) is 4.48. The number of rotatable bonds is 0. The van der Waals surface area contributed by atoms with Crippen molar-refractivity contribution in [2.45, 2.75) is 0 Å². The molecule has 0 aliphatic rings. The first-order chi connectivity index (χ1) is 2.27. The van der Waals surface area contributed by atoms with Crippen molar-refractivity contribution in [3.8, 4) is 0 Å². The minimum absolute atomic E-state index is 0.0895. The van der Waals surface area contributed by atoms with E-state index in [1.807, 2.05) is 0 Å². The summed E-state index contributed by atoms with van der Waals surface area (Å²) in [6.45, 7) is 0. The van der Waals surface area contributed by atoms with Crippen molar-refractivity contribution in [1.29, 1.82) is 0 Å². The predicted molar refractivity (Wildman–Crippen MR) is 25.6 cm³/mol. The molecular weight excluding hydrogens is 129 g/mol. The molecule has 0 rings (SSSR count). The molecule has 3 heteroatoms. The van der Waals surface area contributed by atoms with E-state index >= 15 is 0 Å². The minimum Gasteiger partial charge on any atom is -0.0904 e. The Labute approximate surface area is 45.3 Å². The molecule has 30 valence electrons. The van der Waals surface area contributed by atoms with E-state index in [0.717, 1.165) is 5.54 Å². The van der Waals surface area contributed by atoms with Crippen LogP contribution in [-0.2, 0) is 0 Å². The highest BCUT2D eigenvalue weighted by Gasteiger charge is 1.70. The maximum Gasteiger partial charge on any atom is 0.118 e. The van der Waals surface area contributed by atoms with Crippen LogP contribution in [0.3, 0.4) is 0 Å². The van der Waals surface area contributed by atoms with Gasteiger partial charge in [-0.15, -0.1) is 0 Å². The molecule has 0 aromatic rings. The second-order valence-electron chi connectivity index (χ2n) is 0.399. The highest BCUT2D eigenvalue weighted by molar-refractivity contribution is 6.58. The second kappa shape index (κ2) is 2.83. The van der Waals surface area contributed by atoms with E-state index in [0.29, 0.717) is 0 Å². The number of halogens is 3. The molecule has 5 heavy (non-hydrogen) atoms. The molecule has 0 saturated heterocycles. The SMILES string of the molecule is [35Cl]C=C([35Cl])[35Cl]. The van der Waals surface area contributed by atoms with E-state index in [9.17, 15) is 0 Å². The molecule has 0 atom stereocenters. The fraction of sp³-hybridized carbons (Fsp3) is 0. The summed E-state index contributed by atoms with van der Waals surface area (Å²) in [5.74, 6) is 0. The molecule has 0 heterocycles. The molecule has 0 unspecified atom stereocenters. The van der Waals surface area contributed by atoms with Crippen LogP contribution in [0.1, 0.15) is 0 Å². The Morgan fingerprint density at radius 1 is 1.40 bits per heavy atom. The Hall–Kier alpha value is 0.610. The Morgan fingerprint density at radius 2 is 1.60 bits per heavy atom. The highest BCUT2D eigenvalue weighted by atomic mass is 35.1. The Kier molecular flexibility index (Phi) is 3.17. The number of hydrogen-bond donors (Lipinski definition) is 0. The van der Waals surface area contributed by atoms with Crippen LogP contribution in [0.2, 0.25) is 0 Å². The molecule has 0 bridgehead atoms. The van der Waals surface area contributed by atoms with Crippen LogP contribution in [0, 0.1) is 0 Å². The van der Waals surface area contributed by atoms with Crippen molar-refractivity contribution < 1.29 is 0 Å². The van der Waals surface area contributed by atoms with Gasteiger partial charge in [-0.1, -0.05) is 34.8 Å². The molecule has 0 nitrogen and oxygen atoms in total. The van der Waals surface area contributed by atoms with Crippen molar-refractivity contribution in [3.05, 3.63) is 10.0 Å². The van der Waals surface area contributed by atoms with E-state index in [1.54, 1.807) is 0 Å². The standard InChI is InChI=1S/C2HCl3/c3-1-2(4)5/h1H/i3+0,4+0,5+0. The molecule has 0 aromatic heterocycles. The van der Waals surface area contributed by atoms with Crippen LogP contribution < -0.4 is 0 Å². The quantitative estimate of drug-likeness (QED) is 0.472. The topological polar surface area (TPSA) is 0 Å². The average molecular weight is 130 g/mol. The molecule has 0 aliphatic carbocycles. The summed E-state index contributed by atoms with van der Waals surface area (Å²) in [6, 6.07) is 0. The van der Waals surface area contributed by atoms with E-state index < -0.39 is 0 Å². The Bertz CT molecular complexity index is 42.9. The summed E-state index contributed by atoms with van der Waals surface area (Å²) in [5, 5.41) is 0. The van der Waals surface area contributed by atoms with Crippen LogP contribution in [0.5, 0.6) is 0 Å². The van der Waals surface area contributed by atoms with Crippen molar-refractivity contribution in [1.82, 2.24) is 0 Å². The molecule has 0 N–H and O–H groups in total. The van der Waals surface area contributed by atoms with Crippen molar-refractivity contribution in [2.75, 3.05) is 0 Å². The third-order valence-corrected chi connectivity index (χ3v) is 0.742. The Balaban J connectivity index is 3.14. The van der Waals surface area contributed by atoms with Crippen LogP contribution in [-0.4, -0.2) is 0 Å². The average Bonchev–Trinajstić information content (AvgIpc) is 1.38. The minimum atomic E-state index is 0.0895. The summed E-state index contributed by atoms with van der Waals surface area (Å²) < 4.78 is 0.0895. The first-order valence-corrected chi connectivity index (χ1v) is 2.08. The second-order valence-corrected chi connectivity index (χ2v) is 1.62. The maximum atomic E-state index is 4.96. The van der Waals surface area contributed by atoms with Crippen molar-refractivity contribution >= 4 is 34.8 Å². The van der Waals surface area contributed by atoms with Crippen molar-refractivity contribution in [3.63, 3.8) is 0 Å². The molecule has 0 fully saturated rings. The van der Waals surface area contributed by atoms with Crippen LogP contribution in [0.4, 0.5) is 0 Å². The van der Waals surface area contributed by atoms with Gasteiger partial charge in [0.15, 0.2) is 0 Å². The summed E-state index contributed by atoms with van der Waals surface area (Å²) >= 11 is 14.8.